The van der Waals surface area contributed by atoms with Gasteiger partial charge in [0.1, 0.15) is 0 Å². The molecule has 164 valence electrons. The molecule has 0 bridgehead atoms. The van der Waals surface area contributed by atoms with Crippen molar-refractivity contribution in [1.82, 2.24) is 10.2 Å². The van der Waals surface area contributed by atoms with E-state index >= 15 is 0 Å². The van der Waals surface area contributed by atoms with Gasteiger partial charge in [0.15, 0.2) is 0 Å². The molecule has 6 heteroatoms. The highest BCUT2D eigenvalue weighted by Gasteiger charge is 2.29. The molecule has 5 nitrogen and oxygen atoms in total. The van der Waals surface area contributed by atoms with Crippen molar-refractivity contribution in [1.29, 1.82) is 0 Å². The lowest BCUT2D eigenvalue weighted by molar-refractivity contribution is 0.0815. The molecule has 0 spiro atoms. The summed E-state index contributed by atoms with van der Waals surface area (Å²) in [5, 5.41) is 3.81. The van der Waals surface area contributed by atoms with Crippen LogP contribution in [0.4, 0.5) is 4.79 Å². The van der Waals surface area contributed by atoms with Gasteiger partial charge in [-0.1, -0.05) is 41.9 Å². The highest BCUT2D eigenvalue weighted by atomic mass is 35.5. The van der Waals surface area contributed by atoms with E-state index in [1.807, 2.05) is 23.1 Å². The Kier molecular flexibility index (Phi) is 7.13. The number of rotatable bonds is 7. The van der Waals surface area contributed by atoms with E-state index in [2.05, 4.69) is 17.4 Å². The molecule has 1 N–H and O–H groups in total. The Hall–Kier alpha value is -2.53. The van der Waals surface area contributed by atoms with Crippen LogP contribution in [0.5, 0.6) is 0 Å². The number of carbonyl (C=O) groups is 2. The number of hydrogen-bond donors (Lipinski definition) is 1. The average molecular weight is 441 g/mol. The standard InChI is InChI=1S/C25H29ClN2O3/c26-22-10-8-21(9-11-22)24(29)27-23(20-4-2-1-3-5-20)16-18-12-14-28(15-13-18)25(30)31-17-19-6-7-19/h1-5,8-11,18-19,23H,6-7,12-17H2,(H,27,29). The van der Waals surface area contributed by atoms with Crippen molar-refractivity contribution in [3.8, 4) is 0 Å². The first kappa shape index (κ1) is 21.7. The normalized spacial score (nSPS) is 17.8. The predicted molar refractivity (Wildman–Crippen MR) is 121 cm³/mol. The van der Waals surface area contributed by atoms with E-state index in [-0.39, 0.29) is 18.0 Å². The van der Waals surface area contributed by atoms with Gasteiger partial charge in [-0.05, 0) is 73.8 Å². The lowest BCUT2D eigenvalue weighted by Gasteiger charge is -2.33. The second-order valence-corrected chi connectivity index (χ2v) is 9.07. The number of piperidine rings is 1. The maximum absolute atomic E-state index is 12.8. The van der Waals surface area contributed by atoms with Crippen LogP contribution in [0.1, 0.15) is 54.1 Å². The predicted octanol–water partition coefficient (Wildman–Crippen LogP) is 5.46. The van der Waals surface area contributed by atoms with Crippen LogP contribution in [-0.2, 0) is 4.74 Å². The maximum atomic E-state index is 12.8. The van der Waals surface area contributed by atoms with Crippen LogP contribution in [-0.4, -0.2) is 36.6 Å². The van der Waals surface area contributed by atoms with Crippen molar-refractivity contribution < 1.29 is 14.3 Å². The SMILES string of the molecule is O=C(NC(CC1CCN(C(=O)OCC2CC2)CC1)c1ccccc1)c1ccc(Cl)cc1. The molecular formula is C25H29ClN2O3. The fourth-order valence-electron chi connectivity index (χ4n) is 4.06. The van der Waals surface area contributed by atoms with E-state index in [4.69, 9.17) is 16.3 Å². The summed E-state index contributed by atoms with van der Waals surface area (Å²) < 4.78 is 5.42. The van der Waals surface area contributed by atoms with Gasteiger partial charge in [-0.15, -0.1) is 0 Å². The summed E-state index contributed by atoms with van der Waals surface area (Å²) in [4.78, 5) is 26.9. The van der Waals surface area contributed by atoms with Gasteiger partial charge >= 0.3 is 6.09 Å². The lowest BCUT2D eigenvalue weighted by Crippen LogP contribution is -2.40. The third kappa shape index (κ3) is 6.23. The fraction of sp³-hybridized carbons (Fsp3) is 0.440. The zero-order valence-electron chi connectivity index (χ0n) is 17.6. The van der Waals surface area contributed by atoms with Gasteiger partial charge < -0.3 is 15.0 Å². The molecule has 0 radical (unpaired) electrons. The van der Waals surface area contributed by atoms with E-state index in [1.54, 1.807) is 24.3 Å². The first-order valence-corrected chi connectivity index (χ1v) is 11.5. The topological polar surface area (TPSA) is 58.6 Å². The molecular weight excluding hydrogens is 412 g/mol. The van der Waals surface area contributed by atoms with Crippen LogP contribution in [0.15, 0.2) is 54.6 Å². The van der Waals surface area contributed by atoms with Gasteiger partial charge in [0.2, 0.25) is 0 Å². The van der Waals surface area contributed by atoms with Gasteiger partial charge in [0, 0.05) is 23.7 Å². The number of nitrogens with one attached hydrogen (secondary N) is 1. The minimum atomic E-state index is -0.180. The summed E-state index contributed by atoms with van der Waals surface area (Å²) in [7, 11) is 0. The van der Waals surface area contributed by atoms with E-state index < -0.39 is 0 Å². The molecule has 1 aliphatic carbocycles. The molecule has 1 aliphatic heterocycles. The van der Waals surface area contributed by atoms with Crippen LogP contribution in [0.25, 0.3) is 0 Å². The van der Waals surface area contributed by atoms with Crippen LogP contribution in [0.3, 0.4) is 0 Å². The zero-order chi connectivity index (χ0) is 21.6. The molecule has 2 aromatic carbocycles. The van der Waals surface area contributed by atoms with Gasteiger partial charge in [-0.3, -0.25) is 4.79 Å². The van der Waals surface area contributed by atoms with E-state index in [9.17, 15) is 9.59 Å². The number of likely N-dealkylation sites (tertiary alicyclic amines) is 1. The summed E-state index contributed by atoms with van der Waals surface area (Å²) in [6, 6.07) is 16.9. The van der Waals surface area contributed by atoms with Crippen molar-refractivity contribution in [2.24, 2.45) is 11.8 Å². The second kappa shape index (κ2) is 10.2. The first-order valence-electron chi connectivity index (χ1n) is 11.1. The Morgan fingerprint density at radius 1 is 0.968 bits per heavy atom. The van der Waals surface area contributed by atoms with E-state index in [0.717, 1.165) is 24.8 Å². The quantitative estimate of drug-likeness (QED) is 0.621. The van der Waals surface area contributed by atoms with Crippen LogP contribution < -0.4 is 5.32 Å². The average Bonchev–Trinajstić information content (AvgIpc) is 3.63. The smallest absolute Gasteiger partial charge is 0.409 e. The van der Waals surface area contributed by atoms with Crippen molar-refractivity contribution in [3.63, 3.8) is 0 Å². The zero-order valence-corrected chi connectivity index (χ0v) is 18.4. The highest BCUT2D eigenvalue weighted by molar-refractivity contribution is 6.30. The van der Waals surface area contributed by atoms with E-state index in [1.165, 1.54) is 12.8 Å². The molecule has 1 saturated carbocycles. The number of hydrogen-bond acceptors (Lipinski definition) is 3. The molecule has 4 rings (SSSR count). The molecule has 1 heterocycles. The lowest BCUT2D eigenvalue weighted by atomic mass is 9.87. The number of halogens is 1. The number of benzene rings is 2. The molecule has 1 atom stereocenters. The van der Waals surface area contributed by atoms with Crippen LogP contribution in [0, 0.1) is 11.8 Å². The molecule has 31 heavy (non-hydrogen) atoms. The van der Waals surface area contributed by atoms with Gasteiger partial charge in [-0.2, -0.15) is 0 Å². The van der Waals surface area contributed by atoms with Crippen molar-refractivity contribution in [3.05, 3.63) is 70.7 Å². The number of amides is 2. The minimum Gasteiger partial charge on any atom is -0.449 e. The Morgan fingerprint density at radius 3 is 2.29 bits per heavy atom. The highest BCUT2D eigenvalue weighted by Crippen LogP contribution is 2.31. The van der Waals surface area contributed by atoms with Crippen molar-refractivity contribution in [2.75, 3.05) is 19.7 Å². The second-order valence-electron chi connectivity index (χ2n) is 8.63. The third-order valence-corrected chi connectivity index (χ3v) is 6.45. The van der Waals surface area contributed by atoms with Crippen molar-refractivity contribution >= 4 is 23.6 Å². The Morgan fingerprint density at radius 2 is 1.65 bits per heavy atom. The first-order chi connectivity index (χ1) is 15.1. The third-order valence-electron chi connectivity index (χ3n) is 6.19. The fourth-order valence-corrected chi connectivity index (χ4v) is 4.18. The Bertz CT molecular complexity index is 875. The number of ether oxygens (including phenoxy) is 1. The Balaban J connectivity index is 1.35. The summed E-state index contributed by atoms with van der Waals surface area (Å²) in [5.41, 5.74) is 1.69. The summed E-state index contributed by atoms with van der Waals surface area (Å²) in [6.45, 7) is 1.98. The molecule has 2 aromatic rings. The minimum absolute atomic E-state index is 0.0808. The largest absolute Gasteiger partial charge is 0.449 e. The monoisotopic (exact) mass is 440 g/mol. The molecule has 1 unspecified atom stereocenters. The molecule has 2 amide bonds. The molecule has 0 aromatic heterocycles. The van der Waals surface area contributed by atoms with Crippen molar-refractivity contribution in [2.45, 2.75) is 38.1 Å². The van der Waals surface area contributed by atoms with Gasteiger partial charge in [-0.25, -0.2) is 4.79 Å². The number of carbonyl (C=O) groups excluding carboxylic acids is 2. The van der Waals surface area contributed by atoms with Crippen LogP contribution in [0.2, 0.25) is 5.02 Å². The van der Waals surface area contributed by atoms with Gasteiger partial charge in [0.05, 0.1) is 12.6 Å². The van der Waals surface area contributed by atoms with Crippen LogP contribution >= 0.6 is 11.6 Å². The molecule has 1 saturated heterocycles. The van der Waals surface area contributed by atoms with Gasteiger partial charge in [0.25, 0.3) is 5.91 Å². The summed E-state index contributed by atoms with van der Waals surface area (Å²) in [6.07, 6.45) is 4.85. The molecule has 2 aliphatic rings. The number of nitrogens with zero attached hydrogens (tertiary/aromatic N) is 1. The summed E-state index contributed by atoms with van der Waals surface area (Å²) in [5.74, 6) is 0.909. The summed E-state index contributed by atoms with van der Waals surface area (Å²) >= 11 is 5.95. The maximum Gasteiger partial charge on any atom is 0.409 e. The van der Waals surface area contributed by atoms with E-state index in [0.29, 0.717) is 42.1 Å². The molecule has 2 fully saturated rings. The Labute approximate surface area is 188 Å².